The second-order valence-electron chi connectivity index (χ2n) is 5.41. The SMILES string of the molecule is CCCN(C(=O)CCC1CCNCC1)C(C)C. The lowest BCUT2D eigenvalue weighted by Gasteiger charge is -2.28. The van der Waals surface area contributed by atoms with Crippen LogP contribution in [-0.2, 0) is 4.79 Å². The molecule has 0 spiro atoms. The number of hydrogen-bond acceptors (Lipinski definition) is 2. The van der Waals surface area contributed by atoms with Gasteiger partial charge in [-0.3, -0.25) is 4.79 Å². The van der Waals surface area contributed by atoms with Crippen molar-refractivity contribution < 1.29 is 4.79 Å². The number of piperidine rings is 1. The zero-order chi connectivity index (χ0) is 12.7. The second-order valence-corrected chi connectivity index (χ2v) is 5.41. The molecule has 0 aromatic heterocycles. The molecule has 1 rings (SSSR count). The topological polar surface area (TPSA) is 32.3 Å². The lowest BCUT2D eigenvalue weighted by atomic mass is 9.93. The van der Waals surface area contributed by atoms with Crippen LogP contribution < -0.4 is 5.32 Å². The molecule has 17 heavy (non-hydrogen) atoms. The molecule has 1 heterocycles. The van der Waals surface area contributed by atoms with Crippen molar-refractivity contribution in [1.29, 1.82) is 0 Å². The maximum absolute atomic E-state index is 12.1. The van der Waals surface area contributed by atoms with Crippen molar-refractivity contribution in [2.75, 3.05) is 19.6 Å². The van der Waals surface area contributed by atoms with Gasteiger partial charge in [-0.2, -0.15) is 0 Å². The van der Waals surface area contributed by atoms with E-state index < -0.39 is 0 Å². The van der Waals surface area contributed by atoms with Gasteiger partial charge in [-0.15, -0.1) is 0 Å². The van der Waals surface area contributed by atoms with E-state index in [-0.39, 0.29) is 0 Å². The molecule has 0 aliphatic carbocycles. The van der Waals surface area contributed by atoms with E-state index in [9.17, 15) is 4.79 Å². The Hall–Kier alpha value is -0.570. The van der Waals surface area contributed by atoms with Gasteiger partial charge < -0.3 is 10.2 Å². The maximum atomic E-state index is 12.1. The third-order valence-corrected chi connectivity index (χ3v) is 3.63. The Balaban J connectivity index is 2.30. The zero-order valence-electron chi connectivity index (χ0n) is 11.7. The number of nitrogens with one attached hydrogen (secondary N) is 1. The summed E-state index contributed by atoms with van der Waals surface area (Å²) in [6, 6.07) is 0.343. The number of carbonyl (C=O) groups excluding carboxylic acids is 1. The highest BCUT2D eigenvalue weighted by atomic mass is 16.2. The molecule has 0 radical (unpaired) electrons. The summed E-state index contributed by atoms with van der Waals surface area (Å²) < 4.78 is 0. The van der Waals surface area contributed by atoms with Crippen molar-refractivity contribution in [2.24, 2.45) is 5.92 Å². The molecule has 1 amide bonds. The summed E-state index contributed by atoms with van der Waals surface area (Å²) >= 11 is 0. The van der Waals surface area contributed by atoms with Crippen LogP contribution in [0.4, 0.5) is 0 Å². The van der Waals surface area contributed by atoms with Gasteiger partial charge in [0.25, 0.3) is 0 Å². The fourth-order valence-electron chi connectivity index (χ4n) is 2.55. The zero-order valence-corrected chi connectivity index (χ0v) is 11.7. The van der Waals surface area contributed by atoms with Crippen LogP contribution >= 0.6 is 0 Å². The molecule has 3 heteroatoms. The third kappa shape index (κ3) is 5.07. The predicted octanol–water partition coefficient (Wildman–Crippen LogP) is 2.41. The van der Waals surface area contributed by atoms with Crippen LogP contribution in [0.5, 0.6) is 0 Å². The average molecular weight is 240 g/mol. The van der Waals surface area contributed by atoms with E-state index in [1.165, 1.54) is 12.8 Å². The van der Waals surface area contributed by atoms with E-state index in [0.29, 0.717) is 11.9 Å². The number of hydrogen-bond donors (Lipinski definition) is 1. The quantitative estimate of drug-likeness (QED) is 0.773. The number of rotatable bonds is 6. The van der Waals surface area contributed by atoms with Gasteiger partial charge in [0.15, 0.2) is 0 Å². The number of amides is 1. The Labute approximate surface area is 106 Å². The van der Waals surface area contributed by atoms with E-state index in [1.807, 2.05) is 4.90 Å². The highest BCUT2D eigenvalue weighted by Gasteiger charge is 2.19. The molecule has 0 aromatic rings. The molecule has 0 bridgehead atoms. The van der Waals surface area contributed by atoms with E-state index in [1.54, 1.807) is 0 Å². The molecule has 0 atom stereocenters. The Kier molecular flexibility index (Phi) is 6.56. The summed E-state index contributed by atoms with van der Waals surface area (Å²) in [4.78, 5) is 14.2. The van der Waals surface area contributed by atoms with E-state index >= 15 is 0 Å². The van der Waals surface area contributed by atoms with Gasteiger partial charge >= 0.3 is 0 Å². The monoisotopic (exact) mass is 240 g/mol. The molecule has 1 fully saturated rings. The molecule has 1 saturated heterocycles. The standard InChI is InChI=1S/C14H28N2O/c1-4-11-16(12(2)3)14(17)6-5-13-7-9-15-10-8-13/h12-13,15H,4-11H2,1-3H3. The summed E-state index contributed by atoms with van der Waals surface area (Å²) in [7, 11) is 0. The Morgan fingerprint density at radius 1 is 1.35 bits per heavy atom. The van der Waals surface area contributed by atoms with Crippen LogP contribution in [0.3, 0.4) is 0 Å². The predicted molar refractivity (Wildman–Crippen MR) is 72.0 cm³/mol. The molecular weight excluding hydrogens is 212 g/mol. The first-order valence-corrected chi connectivity index (χ1v) is 7.15. The molecule has 0 unspecified atom stereocenters. The Morgan fingerprint density at radius 2 is 2.00 bits per heavy atom. The van der Waals surface area contributed by atoms with Crippen LogP contribution in [0.1, 0.15) is 52.9 Å². The molecule has 0 aromatic carbocycles. The van der Waals surface area contributed by atoms with Crippen LogP contribution in [0, 0.1) is 5.92 Å². The first-order valence-electron chi connectivity index (χ1n) is 7.15. The fraction of sp³-hybridized carbons (Fsp3) is 0.929. The van der Waals surface area contributed by atoms with E-state index in [4.69, 9.17) is 0 Å². The molecule has 3 nitrogen and oxygen atoms in total. The van der Waals surface area contributed by atoms with Crippen LogP contribution in [-0.4, -0.2) is 36.5 Å². The largest absolute Gasteiger partial charge is 0.340 e. The van der Waals surface area contributed by atoms with Crippen LogP contribution in [0.2, 0.25) is 0 Å². The molecule has 1 aliphatic heterocycles. The third-order valence-electron chi connectivity index (χ3n) is 3.63. The summed E-state index contributed by atoms with van der Waals surface area (Å²) in [6.07, 6.45) is 5.35. The summed E-state index contributed by atoms with van der Waals surface area (Å²) in [5, 5.41) is 3.37. The first kappa shape index (κ1) is 14.5. The van der Waals surface area contributed by atoms with Gasteiger partial charge in [-0.1, -0.05) is 6.92 Å². The van der Waals surface area contributed by atoms with Crippen LogP contribution in [0.15, 0.2) is 0 Å². The highest BCUT2D eigenvalue weighted by molar-refractivity contribution is 5.76. The Bertz CT molecular complexity index is 222. The minimum Gasteiger partial charge on any atom is -0.340 e. The lowest BCUT2D eigenvalue weighted by Crippen LogP contribution is -2.38. The maximum Gasteiger partial charge on any atom is 0.222 e. The minimum absolute atomic E-state index is 0.343. The molecule has 100 valence electrons. The lowest BCUT2D eigenvalue weighted by molar-refractivity contribution is -0.133. The summed E-state index contributed by atoms with van der Waals surface area (Å²) in [5.41, 5.74) is 0. The van der Waals surface area contributed by atoms with Crippen molar-refractivity contribution >= 4 is 5.91 Å². The van der Waals surface area contributed by atoms with Crippen molar-refractivity contribution in [1.82, 2.24) is 10.2 Å². The Morgan fingerprint density at radius 3 is 2.53 bits per heavy atom. The smallest absolute Gasteiger partial charge is 0.222 e. The second kappa shape index (κ2) is 7.70. The minimum atomic E-state index is 0.343. The van der Waals surface area contributed by atoms with Crippen molar-refractivity contribution in [3.05, 3.63) is 0 Å². The molecular formula is C14H28N2O. The highest BCUT2D eigenvalue weighted by Crippen LogP contribution is 2.18. The molecule has 0 saturated carbocycles. The van der Waals surface area contributed by atoms with E-state index in [0.717, 1.165) is 44.8 Å². The molecule has 1 N–H and O–H groups in total. The normalized spacial score (nSPS) is 17.4. The van der Waals surface area contributed by atoms with Crippen molar-refractivity contribution in [3.8, 4) is 0 Å². The van der Waals surface area contributed by atoms with Gasteiger partial charge in [0.05, 0.1) is 0 Å². The van der Waals surface area contributed by atoms with Crippen molar-refractivity contribution in [3.63, 3.8) is 0 Å². The van der Waals surface area contributed by atoms with Crippen molar-refractivity contribution in [2.45, 2.75) is 58.9 Å². The molecule has 1 aliphatic rings. The summed E-state index contributed by atoms with van der Waals surface area (Å²) in [5.74, 6) is 1.11. The van der Waals surface area contributed by atoms with Crippen LogP contribution in [0.25, 0.3) is 0 Å². The van der Waals surface area contributed by atoms with Gasteiger partial charge in [0.1, 0.15) is 0 Å². The number of nitrogens with zero attached hydrogens (tertiary/aromatic N) is 1. The van der Waals surface area contributed by atoms with Gasteiger partial charge in [0, 0.05) is 19.0 Å². The first-order chi connectivity index (χ1) is 8.15. The van der Waals surface area contributed by atoms with Gasteiger partial charge in [-0.25, -0.2) is 0 Å². The fourth-order valence-corrected chi connectivity index (χ4v) is 2.55. The number of carbonyl (C=O) groups is 1. The van der Waals surface area contributed by atoms with E-state index in [2.05, 4.69) is 26.1 Å². The average Bonchev–Trinajstić information content (AvgIpc) is 2.34. The van der Waals surface area contributed by atoms with Gasteiger partial charge in [0.2, 0.25) is 5.91 Å². The summed E-state index contributed by atoms with van der Waals surface area (Å²) in [6.45, 7) is 9.51. The van der Waals surface area contributed by atoms with Gasteiger partial charge in [-0.05, 0) is 58.5 Å².